The molecule has 5 rings (SSSR count). The highest BCUT2D eigenvalue weighted by atomic mass is 35.5. The number of hydrogen-bond donors (Lipinski definition) is 1. The lowest BCUT2D eigenvalue weighted by atomic mass is 9.73. The second-order valence-corrected chi connectivity index (χ2v) is 8.79. The van der Waals surface area contributed by atoms with Crippen molar-refractivity contribution in [3.63, 3.8) is 0 Å². The summed E-state index contributed by atoms with van der Waals surface area (Å²) in [6.07, 6.45) is 4.75. The van der Waals surface area contributed by atoms with Gasteiger partial charge in [0, 0.05) is 40.7 Å². The van der Waals surface area contributed by atoms with Gasteiger partial charge >= 0.3 is 0 Å². The van der Waals surface area contributed by atoms with Gasteiger partial charge < -0.3 is 5.32 Å². The normalized spacial score (nSPS) is 20.1. The summed E-state index contributed by atoms with van der Waals surface area (Å²) in [5.74, 6) is 1.35. The van der Waals surface area contributed by atoms with Crippen LogP contribution >= 0.6 is 11.6 Å². The summed E-state index contributed by atoms with van der Waals surface area (Å²) in [7, 11) is 0. The number of anilines is 1. The van der Waals surface area contributed by atoms with Gasteiger partial charge in [0.05, 0.1) is 0 Å². The molecule has 0 amide bonds. The van der Waals surface area contributed by atoms with Crippen molar-refractivity contribution in [2.24, 2.45) is 5.41 Å². The summed E-state index contributed by atoms with van der Waals surface area (Å²) in [4.78, 5) is 22.1. The number of carbonyl (C=O) groups excluding carboxylic acids is 1. The number of Topliss-reactive ketones (excluding diaryl/α,β-unsaturated/α-hetero) is 1. The molecule has 3 heterocycles. The summed E-state index contributed by atoms with van der Waals surface area (Å²) in [6, 6.07) is 11.0. The number of ketones is 1. The molecule has 1 N–H and O–H groups in total. The maximum absolute atomic E-state index is 13.2. The first-order valence-electron chi connectivity index (χ1n) is 9.57. The maximum atomic E-state index is 13.2. The van der Waals surface area contributed by atoms with Gasteiger partial charge in [-0.05, 0) is 41.7 Å². The van der Waals surface area contributed by atoms with Crippen LogP contribution < -0.4 is 5.32 Å². The molecule has 146 valence electrons. The van der Waals surface area contributed by atoms with Crippen LogP contribution in [0, 0.1) is 5.41 Å². The van der Waals surface area contributed by atoms with Crippen LogP contribution in [0.2, 0.25) is 5.02 Å². The number of carbonyl (C=O) groups is 1. The zero-order valence-electron chi connectivity index (χ0n) is 16.2. The molecule has 1 aliphatic carbocycles. The lowest BCUT2D eigenvalue weighted by Crippen LogP contribution is -2.36. The molecule has 0 spiro atoms. The Morgan fingerprint density at radius 2 is 1.97 bits per heavy atom. The van der Waals surface area contributed by atoms with E-state index < -0.39 is 0 Å². The molecule has 2 aromatic heterocycles. The first kappa shape index (κ1) is 18.1. The molecule has 1 atom stereocenters. The van der Waals surface area contributed by atoms with Crippen LogP contribution in [-0.2, 0) is 4.79 Å². The first-order chi connectivity index (χ1) is 13.9. The van der Waals surface area contributed by atoms with Crippen molar-refractivity contribution in [2.75, 3.05) is 5.32 Å². The van der Waals surface area contributed by atoms with Gasteiger partial charge in [0.25, 0.3) is 0 Å². The Morgan fingerprint density at radius 3 is 2.69 bits per heavy atom. The molecule has 29 heavy (non-hydrogen) atoms. The number of hydrogen-bond acceptors (Lipinski definition) is 5. The van der Waals surface area contributed by atoms with Crippen molar-refractivity contribution in [1.82, 2.24) is 19.7 Å². The number of pyridine rings is 1. The SMILES string of the molecule is CC1(C)CC(=O)C2=C(C1)Nc1nc(-c3cccnc3)nn1[C@@H]2c1ccc(Cl)cc1. The average molecular weight is 406 g/mol. The average Bonchev–Trinajstić information content (AvgIpc) is 3.10. The van der Waals surface area contributed by atoms with Gasteiger partial charge in [-0.25, -0.2) is 4.68 Å². The van der Waals surface area contributed by atoms with Crippen LogP contribution in [-0.4, -0.2) is 25.5 Å². The van der Waals surface area contributed by atoms with E-state index in [-0.39, 0.29) is 17.2 Å². The number of aromatic nitrogens is 4. The summed E-state index contributed by atoms with van der Waals surface area (Å²) in [5, 5.41) is 8.79. The molecule has 0 unspecified atom stereocenters. The summed E-state index contributed by atoms with van der Waals surface area (Å²) >= 11 is 6.11. The van der Waals surface area contributed by atoms with Gasteiger partial charge in [-0.1, -0.05) is 37.6 Å². The minimum atomic E-state index is -0.333. The third-order valence-electron chi connectivity index (χ3n) is 5.44. The van der Waals surface area contributed by atoms with Crippen LogP contribution in [0.4, 0.5) is 5.95 Å². The molecule has 2 aliphatic rings. The fourth-order valence-corrected chi connectivity index (χ4v) is 4.31. The molecule has 0 bridgehead atoms. The lowest BCUT2D eigenvalue weighted by Gasteiger charge is -2.38. The largest absolute Gasteiger partial charge is 0.328 e. The standard InChI is InChI=1S/C22H20ClN5O/c1-22(2)10-16-18(17(29)11-22)19(13-5-7-15(23)8-6-13)28-21(25-16)26-20(27-28)14-4-3-9-24-12-14/h3-9,12,19H,10-11H2,1-2H3,(H,25,26,27)/t19-/m1/s1. The van der Waals surface area contributed by atoms with E-state index in [4.69, 9.17) is 21.7 Å². The number of fused-ring (bicyclic) bond motifs is 1. The van der Waals surface area contributed by atoms with Crippen LogP contribution in [0.15, 0.2) is 60.1 Å². The molecular weight excluding hydrogens is 386 g/mol. The van der Waals surface area contributed by atoms with Crippen molar-refractivity contribution in [3.05, 3.63) is 70.6 Å². The molecular formula is C22H20ClN5O. The van der Waals surface area contributed by atoms with E-state index in [1.807, 2.05) is 36.4 Å². The molecule has 1 aliphatic heterocycles. The van der Waals surface area contributed by atoms with Crippen LogP contribution in [0.25, 0.3) is 11.4 Å². The zero-order valence-corrected chi connectivity index (χ0v) is 16.9. The smallest absolute Gasteiger partial charge is 0.226 e. The second kappa shape index (κ2) is 6.52. The highest BCUT2D eigenvalue weighted by Gasteiger charge is 2.41. The van der Waals surface area contributed by atoms with E-state index in [2.05, 4.69) is 24.1 Å². The monoisotopic (exact) mass is 405 g/mol. The molecule has 3 aromatic rings. The van der Waals surface area contributed by atoms with Crippen molar-refractivity contribution >= 4 is 23.3 Å². The summed E-state index contributed by atoms with van der Waals surface area (Å²) in [6.45, 7) is 4.24. The Morgan fingerprint density at radius 1 is 1.17 bits per heavy atom. The number of allylic oxidation sites excluding steroid dienone is 2. The molecule has 0 radical (unpaired) electrons. The van der Waals surface area contributed by atoms with Crippen molar-refractivity contribution < 1.29 is 4.79 Å². The number of nitrogens with zero attached hydrogens (tertiary/aromatic N) is 4. The van der Waals surface area contributed by atoms with E-state index in [1.165, 1.54) is 0 Å². The molecule has 0 saturated carbocycles. The topological polar surface area (TPSA) is 72.7 Å². The quantitative estimate of drug-likeness (QED) is 0.671. The summed E-state index contributed by atoms with van der Waals surface area (Å²) < 4.78 is 1.81. The maximum Gasteiger partial charge on any atom is 0.226 e. The van der Waals surface area contributed by atoms with Gasteiger partial charge in [-0.3, -0.25) is 9.78 Å². The molecule has 7 heteroatoms. The van der Waals surface area contributed by atoms with Crippen LogP contribution in [0.3, 0.4) is 0 Å². The molecule has 6 nitrogen and oxygen atoms in total. The minimum Gasteiger partial charge on any atom is -0.328 e. The molecule has 0 fully saturated rings. The zero-order chi connectivity index (χ0) is 20.2. The van der Waals surface area contributed by atoms with Crippen molar-refractivity contribution in [1.29, 1.82) is 0 Å². The van der Waals surface area contributed by atoms with E-state index in [0.29, 0.717) is 23.2 Å². The highest BCUT2D eigenvalue weighted by molar-refractivity contribution is 6.30. The van der Waals surface area contributed by atoms with E-state index >= 15 is 0 Å². The van der Waals surface area contributed by atoms with Crippen molar-refractivity contribution in [3.8, 4) is 11.4 Å². The Hall–Kier alpha value is -2.99. The summed E-state index contributed by atoms with van der Waals surface area (Å²) in [5.41, 5.74) is 3.39. The number of nitrogens with one attached hydrogen (secondary N) is 1. The van der Waals surface area contributed by atoms with Gasteiger partial charge in [0.15, 0.2) is 11.6 Å². The third-order valence-corrected chi connectivity index (χ3v) is 5.69. The molecule has 1 aromatic carbocycles. The van der Waals surface area contributed by atoms with Crippen LogP contribution in [0.5, 0.6) is 0 Å². The predicted molar refractivity (Wildman–Crippen MR) is 112 cm³/mol. The minimum absolute atomic E-state index is 0.0954. The lowest BCUT2D eigenvalue weighted by molar-refractivity contribution is -0.118. The van der Waals surface area contributed by atoms with Gasteiger partial charge in [0.2, 0.25) is 5.95 Å². The highest BCUT2D eigenvalue weighted by Crippen LogP contribution is 2.45. The first-order valence-corrected chi connectivity index (χ1v) is 9.95. The van der Waals surface area contributed by atoms with Crippen molar-refractivity contribution in [2.45, 2.75) is 32.7 Å². The van der Waals surface area contributed by atoms with Gasteiger partial charge in [-0.2, -0.15) is 4.98 Å². The Balaban J connectivity index is 1.69. The van der Waals surface area contributed by atoms with Crippen LogP contribution in [0.1, 0.15) is 38.3 Å². The number of benzene rings is 1. The Labute approximate surface area is 173 Å². The Kier molecular flexibility index (Phi) is 4.06. The predicted octanol–water partition coefficient (Wildman–Crippen LogP) is 4.65. The van der Waals surface area contributed by atoms with E-state index in [9.17, 15) is 4.79 Å². The fourth-order valence-electron chi connectivity index (χ4n) is 4.18. The molecule has 0 saturated heterocycles. The third kappa shape index (κ3) is 3.13. The van der Waals surface area contributed by atoms with E-state index in [1.54, 1.807) is 17.1 Å². The van der Waals surface area contributed by atoms with E-state index in [0.717, 1.165) is 28.8 Å². The number of halogens is 1. The Bertz CT molecular complexity index is 1130. The second-order valence-electron chi connectivity index (χ2n) is 8.36. The number of rotatable bonds is 2. The van der Waals surface area contributed by atoms with Gasteiger partial charge in [-0.15, -0.1) is 5.10 Å². The van der Waals surface area contributed by atoms with Gasteiger partial charge in [0.1, 0.15) is 6.04 Å². The fraction of sp³-hybridized carbons (Fsp3) is 0.273.